The van der Waals surface area contributed by atoms with Crippen LogP contribution in [0.3, 0.4) is 0 Å². The van der Waals surface area contributed by atoms with Crippen molar-refractivity contribution in [1.82, 2.24) is 5.48 Å². The van der Waals surface area contributed by atoms with E-state index in [0.29, 0.717) is 0 Å². The Morgan fingerprint density at radius 2 is 2.14 bits per heavy atom. The smallest absolute Gasteiger partial charge is 0.281 e. The Kier molecular flexibility index (Phi) is 3.35. The summed E-state index contributed by atoms with van der Waals surface area (Å²) in [6.45, 7) is -0.471. The molecular formula is C8H7F2NO3. The molecule has 4 nitrogen and oxygen atoms in total. The van der Waals surface area contributed by atoms with Crippen LogP contribution in [0.5, 0.6) is 5.75 Å². The summed E-state index contributed by atoms with van der Waals surface area (Å²) in [5.74, 6) is -2.84. The maximum atomic E-state index is 12.6. The number of hydrogen-bond acceptors (Lipinski definition) is 3. The van der Waals surface area contributed by atoms with Gasteiger partial charge in [-0.25, -0.2) is 14.3 Å². The van der Waals surface area contributed by atoms with Gasteiger partial charge in [0.15, 0.2) is 18.2 Å². The molecule has 1 aromatic carbocycles. The van der Waals surface area contributed by atoms with Crippen molar-refractivity contribution in [2.75, 3.05) is 6.61 Å². The van der Waals surface area contributed by atoms with E-state index in [9.17, 15) is 13.6 Å². The highest BCUT2D eigenvalue weighted by Gasteiger charge is 2.05. The lowest BCUT2D eigenvalue weighted by molar-refractivity contribution is -0.131. The molecule has 0 aromatic heterocycles. The van der Waals surface area contributed by atoms with Crippen molar-refractivity contribution < 1.29 is 23.5 Å². The van der Waals surface area contributed by atoms with Crippen LogP contribution in [0.25, 0.3) is 0 Å². The zero-order chi connectivity index (χ0) is 10.6. The Balaban J connectivity index is 2.60. The Morgan fingerprint density at radius 1 is 1.43 bits per heavy atom. The number of benzene rings is 1. The lowest BCUT2D eigenvalue weighted by Crippen LogP contribution is -2.25. The van der Waals surface area contributed by atoms with Gasteiger partial charge >= 0.3 is 0 Å². The first-order valence-corrected chi connectivity index (χ1v) is 3.64. The van der Waals surface area contributed by atoms with Crippen molar-refractivity contribution in [3.8, 4) is 5.75 Å². The van der Waals surface area contributed by atoms with Crippen molar-refractivity contribution in [1.29, 1.82) is 0 Å². The van der Waals surface area contributed by atoms with E-state index in [4.69, 9.17) is 9.94 Å². The molecule has 0 radical (unpaired) electrons. The van der Waals surface area contributed by atoms with E-state index in [1.807, 2.05) is 0 Å². The predicted octanol–water partition coefficient (Wildman–Crippen LogP) is 0.849. The molecule has 76 valence electrons. The fraction of sp³-hybridized carbons (Fsp3) is 0.125. The highest BCUT2D eigenvalue weighted by atomic mass is 19.2. The highest BCUT2D eigenvalue weighted by Crippen LogP contribution is 2.14. The molecule has 0 fully saturated rings. The average molecular weight is 203 g/mol. The van der Waals surface area contributed by atoms with Gasteiger partial charge in [-0.2, -0.15) is 0 Å². The maximum Gasteiger partial charge on any atom is 0.281 e. The number of amides is 1. The number of nitrogens with one attached hydrogen (secondary N) is 1. The Hall–Kier alpha value is -1.69. The van der Waals surface area contributed by atoms with Crippen molar-refractivity contribution >= 4 is 5.91 Å². The summed E-state index contributed by atoms with van der Waals surface area (Å²) in [7, 11) is 0. The minimum absolute atomic E-state index is 0.00694. The molecule has 0 saturated carbocycles. The van der Waals surface area contributed by atoms with E-state index in [1.165, 1.54) is 11.5 Å². The van der Waals surface area contributed by atoms with Crippen molar-refractivity contribution in [2.24, 2.45) is 0 Å². The fourth-order valence-electron chi connectivity index (χ4n) is 0.748. The molecular weight excluding hydrogens is 196 g/mol. The second-order valence-electron chi connectivity index (χ2n) is 2.40. The number of rotatable bonds is 3. The van der Waals surface area contributed by atoms with E-state index < -0.39 is 24.1 Å². The van der Waals surface area contributed by atoms with Gasteiger partial charge in [0.25, 0.3) is 5.91 Å². The Labute approximate surface area is 78.1 Å². The molecule has 1 amide bonds. The number of ether oxygens (including phenoxy) is 1. The molecule has 2 N–H and O–H groups in total. The monoisotopic (exact) mass is 203 g/mol. The molecule has 6 heteroatoms. The first-order valence-electron chi connectivity index (χ1n) is 3.64. The van der Waals surface area contributed by atoms with Crippen LogP contribution in [0, 0.1) is 11.6 Å². The first-order chi connectivity index (χ1) is 6.63. The van der Waals surface area contributed by atoms with Gasteiger partial charge in [-0.15, -0.1) is 0 Å². The van der Waals surface area contributed by atoms with Crippen LogP contribution in [0.15, 0.2) is 18.2 Å². The molecule has 0 saturated heterocycles. The van der Waals surface area contributed by atoms with Crippen LogP contribution in [-0.4, -0.2) is 17.7 Å². The number of halogens is 2. The summed E-state index contributed by atoms with van der Waals surface area (Å²) in [4.78, 5) is 10.5. The standard InChI is InChI=1S/C8H7F2NO3/c9-6-2-1-5(3-7(6)10)14-4-8(12)11-13/h1-3,13H,4H2,(H,11,12). The molecule has 0 spiro atoms. The molecule has 1 aromatic rings. The molecule has 14 heavy (non-hydrogen) atoms. The van der Waals surface area contributed by atoms with Crippen molar-refractivity contribution in [3.05, 3.63) is 29.8 Å². The average Bonchev–Trinajstić information content (AvgIpc) is 2.19. The van der Waals surface area contributed by atoms with Gasteiger partial charge in [-0.1, -0.05) is 0 Å². The van der Waals surface area contributed by atoms with Gasteiger partial charge in [0, 0.05) is 6.07 Å². The molecule has 0 aliphatic rings. The normalized spacial score (nSPS) is 9.64. The highest BCUT2D eigenvalue weighted by molar-refractivity contribution is 5.76. The van der Waals surface area contributed by atoms with Crippen LogP contribution < -0.4 is 10.2 Å². The SMILES string of the molecule is O=C(COc1ccc(F)c(F)c1)NO. The van der Waals surface area contributed by atoms with E-state index in [1.54, 1.807) is 0 Å². The quantitative estimate of drug-likeness (QED) is 0.565. The zero-order valence-corrected chi connectivity index (χ0v) is 6.96. The van der Waals surface area contributed by atoms with E-state index in [2.05, 4.69) is 0 Å². The molecule has 0 aliphatic carbocycles. The third kappa shape index (κ3) is 2.67. The fourth-order valence-corrected chi connectivity index (χ4v) is 0.748. The summed E-state index contributed by atoms with van der Waals surface area (Å²) < 4.78 is 29.7. The van der Waals surface area contributed by atoms with Gasteiger partial charge in [0.2, 0.25) is 0 Å². The second kappa shape index (κ2) is 4.52. The summed E-state index contributed by atoms with van der Waals surface area (Å²) in [5, 5.41) is 8.10. The molecule has 0 aliphatic heterocycles. The van der Waals surface area contributed by atoms with Gasteiger partial charge < -0.3 is 4.74 Å². The van der Waals surface area contributed by atoms with E-state index in [-0.39, 0.29) is 5.75 Å². The van der Waals surface area contributed by atoms with Crippen LogP contribution >= 0.6 is 0 Å². The molecule has 0 unspecified atom stereocenters. The third-order valence-electron chi connectivity index (χ3n) is 1.39. The largest absolute Gasteiger partial charge is 0.484 e. The second-order valence-corrected chi connectivity index (χ2v) is 2.40. The zero-order valence-electron chi connectivity index (χ0n) is 6.96. The molecule has 0 bridgehead atoms. The van der Waals surface area contributed by atoms with E-state index >= 15 is 0 Å². The minimum atomic E-state index is -1.06. The first kappa shape index (κ1) is 10.4. The third-order valence-corrected chi connectivity index (χ3v) is 1.39. The maximum absolute atomic E-state index is 12.6. The minimum Gasteiger partial charge on any atom is -0.484 e. The predicted molar refractivity (Wildman–Crippen MR) is 41.8 cm³/mol. The van der Waals surface area contributed by atoms with Crippen molar-refractivity contribution in [2.45, 2.75) is 0 Å². The van der Waals surface area contributed by atoms with Crippen LogP contribution in [0.2, 0.25) is 0 Å². The molecule has 0 heterocycles. The Morgan fingerprint density at radius 3 is 2.71 bits per heavy atom. The number of carbonyl (C=O) groups excluding carboxylic acids is 1. The van der Waals surface area contributed by atoms with Crippen LogP contribution in [-0.2, 0) is 4.79 Å². The van der Waals surface area contributed by atoms with Gasteiger partial charge in [-0.3, -0.25) is 10.0 Å². The number of hydroxylamine groups is 1. The molecule has 1 rings (SSSR count). The lowest BCUT2D eigenvalue weighted by Gasteiger charge is -2.04. The van der Waals surface area contributed by atoms with Crippen LogP contribution in [0.1, 0.15) is 0 Å². The lowest BCUT2D eigenvalue weighted by atomic mass is 10.3. The summed E-state index contributed by atoms with van der Waals surface area (Å²) in [5.41, 5.74) is 1.33. The Bertz CT molecular complexity index is 343. The summed E-state index contributed by atoms with van der Waals surface area (Å²) >= 11 is 0. The summed E-state index contributed by atoms with van der Waals surface area (Å²) in [6.07, 6.45) is 0. The molecule has 0 atom stereocenters. The van der Waals surface area contributed by atoms with Gasteiger partial charge in [-0.05, 0) is 12.1 Å². The van der Waals surface area contributed by atoms with Gasteiger partial charge in [0.1, 0.15) is 5.75 Å². The number of hydrogen-bond donors (Lipinski definition) is 2. The topological polar surface area (TPSA) is 58.6 Å². The van der Waals surface area contributed by atoms with Gasteiger partial charge in [0.05, 0.1) is 0 Å². The number of carbonyl (C=O) groups is 1. The van der Waals surface area contributed by atoms with E-state index in [0.717, 1.165) is 12.1 Å². The summed E-state index contributed by atoms with van der Waals surface area (Å²) in [6, 6.07) is 2.85. The van der Waals surface area contributed by atoms with Crippen molar-refractivity contribution in [3.63, 3.8) is 0 Å². The van der Waals surface area contributed by atoms with Crippen LogP contribution in [0.4, 0.5) is 8.78 Å².